The molecule has 0 aliphatic carbocycles. The number of nitrogens with zero attached hydrogens (tertiary/aromatic N) is 1. The first-order valence-corrected chi connectivity index (χ1v) is 9.88. The molecular weight excluding hydrogens is 406 g/mol. The van der Waals surface area contributed by atoms with Crippen LogP contribution in [0.4, 0.5) is 0 Å². The van der Waals surface area contributed by atoms with Crippen molar-refractivity contribution in [2.75, 3.05) is 47.6 Å². The van der Waals surface area contributed by atoms with Crippen molar-refractivity contribution in [1.29, 1.82) is 0 Å². The zero-order chi connectivity index (χ0) is 22.5. The number of carbonyl (C=O) groups excluding carboxylic acids is 1. The van der Waals surface area contributed by atoms with Crippen LogP contribution in [0.2, 0.25) is 0 Å². The van der Waals surface area contributed by atoms with E-state index >= 15 is 0 Å². The van der Waals surface area contributed by atoms with Crippen LogP contribution < -0.4 is 19.6 Å². The molecule has 0 radical (unpaired) electrons. The van der Waals surface area contributed by atoms with Gasteiger partial charge in [-0.15, -0.1) is 0 Å². The molecule has 9 heteroatoms. The minimum atomic E-state index is -0.753. The van der Waals surface area contributed by atoms with E-state index in [4.69, 9.17) is 23.4 Å². The highest BCUT2D eigenvalue weighted by Crippen LogP contribution is 2.43. The van der Waals surface area contributed by atoms with Gasteiger partial charge in [0.25, 0.3) is 0 Å². The molecule has 1 atom stereocenters. The molecule has 1 N–H and O–H groups in total. The fourth-order valence-electron chi connectivity index (χ4n) is 3.64. The lowest BCUT2D eigenvalue weighted by molar-refractivity contribution is -0.135. The van der Waals surface area contributed by atoms with Crippen LogP contribution >= 0.6 is 0 Å². The van der Waals surface area contributed by atoms with Crippen LogP contribution in [-0.2, 0) is 9.53 Å². The average molecular weight is 433 g/mol. The van der Waals surface area contributed by atoms with Crippen LogP contribution in [0.1, 0.15) is 29.4 Å². The van der Waals surface area contributed by atoms with Gasteiger partial charge in [0.05, 0.1) is 40.5 Å². The number of rotatable bonds is 7. The summed E-state index contributed by atoms with van der Waals surface area (Å²) in [5.41, 5.74) is -0.00447. The lowest BCUT2D eigenvalue weighted by Gasteiger charge is -2.29. The second-order valence-electron chi connectivity index (χ2n) is 7.14. The van der Waals surface area contributed by atoms with Gasteiger partial charge in [0.2, 0.25) is 22.8 Å². The molecule has 1 aliphatic rings. The molecule has 2 heterocycles. The molecule has 1 amide bonds. The average Bonchev–Trinajstić information content (AvgIpc) is 2.79. The number of amides is 1. The Hall–Kier alpha value is -3.20. The fourth-order valence-corrected chi connectivity index (χ4v) is 3.64. The maximum atomic E-state index is 13.1. The lowest BCUT2D eigenvalue weighted by Crippen LogP contribution is -2.41. The number of carbonyl (C=O) groups is 1. The third-order valence-corrected chi connectivity index (χ3v) is 5.22. The SMILES string of the molecule is COc1cc([C@@H](CC(=O)N2CCOCC2)c2oc(C)cc(=O)c2O)cc(OC)c1OC. The third kappa shape index (κ3) is 4.77. The van der Waals surface area contributed by atoms with Crippen LogP contribution in [-0.4, -0.2) is 63.5 Å². The molecule has 9 nitrogen and oxygen atoms in total. The summed E-state index contributed by atoms with van der Waals surface area (Å²) in [5.74, 6) is 0.0728. The highest BCUT2D eigenvalue weighted by Gasteiger charge is 2.30. The molecule has 1 fully saturated rings. The van der Waals surface area contributed by atoms with Crippen LogP contribution in [0.5, 0.6) is 23.0 Å². The van der Waals surface area contributed by atoms with E-state index in [1.165, 1.54) is 27.4 Å². The summed E-state index contributed by atoms with van der Waals surface area (Å²) in [4.78, 5) is 27.0. The van der Waals surface area contributed by atoms with Crippen molar-refractivity contribution in [1.82, 2.24) is 4.90 Å². The minimum Gasteiger partial charge on any atom is -0.502 e. The fraction of sp³-hybridized carbons (Fsp3) is 0.455. The Bertz CT molecular complexity index is 968. The van der Waals surface area contributed by atoms with Gasteiger partial charge >= 0.3 is 0 Å². The molecule has 1 saturated heterocycles. The second-order valence-corrected chi connectivity index (χ2v) is 7.14. The zero-order valence-electron chi connectivity index (χ0n) is 18.1. The van der Waals surface area contributed by atoms with E-state index in [-0.39, 0.29) is 18.1 Å². The van der Waals surface area contributed by atoms with Gasteiger partial charge in [0.1, 0.15) is 5.76 Å². The summed E-state index contributed by atoms with van der Waals surface area (Å²) in [6.07, 6.45) is -0.0292. The van der Waals surface area contributed by atoms with Gasteiger partial charge in [0, 0.05) is 25.6 Å². The first-order chi connectivity index (χ1) is 14.9. The van der Waals surface area contributed by atoms with E-state index in [2.05, 4.69) is 0 Å². The third-order valence-electron chi connectivity index (χ3n) is 5.22. The molecule has 2 aromatic rings. The predicted molar refractivity (Wildman–Crippen MR) is 111 cm³/mol. The number of morpholine rings is 1. The molecule has 0 saturated carbocycles. The Morgan fingerprint density at radius 1 is 1.10 bits per heavy atom. The summed E-state index contributed by atoms with van der Waals surface area (Å²) in [7, 11) is 4.46. The first kappa shape index (κ1) is 22.5. The molecule has 3 rings (SSSR count). The smallest absolute Gasteiger partial charge is 0.227 e. The van der Waals surface area contributed by atoms with Crippen molar-refractivity contribution >= 4 is 5.91 Å². The zero-order valence-corrected chi connectivity index (χ0v) is 18.1. The monoisotopic (exact) mass is 433 g/mol. The standard InChI is InChI=1S/C22H27NO8/c1-13-9-16(24)20(26)21(31-13)15(12-19(25)23-5-7-30-8-6-23)14-10-17(27-2)22(29-4)18(11-14)28-3/h9-11,15,26H,5-8,12H2,1-4H3/t15-/m1/s1. The Morgan fingerprint density at radius 2 is 1.71 bits per heavy atom. The molecule has 1 aromatic carbocycles. The van der Waals surface area contributed by atoms with E-state index in [0.717, 1.165) is 0 Å². The van der Waals surface area contributed by atoms with Crippen LogP contribution in [0.3, 0.4) is 0 Å². The Balaban J connectivity index is 2.12. The Labute approximate surface area is 180 Å². The normalized spacial score (nSPS) is 14.8. The van der Waals surface area contributed by atoms with Gasteiger partial charge in [-0.3, -0.25) is 9.59 Å². The summed E-state index contributed by atoms with van der Waals surface area (Å²) < 4.78 is 27.3. The van der Waals surface area contributed by atoms with Gasteiger partial charge in [-0.1, -0.05) is 0 Å². The molecule has 0 spiro atoms. The predicted octanol–water partition coefficient (Wildman–Crippen LogP) is 2.06. The summed E-state index contributed by atoms with van der Waals surface area (Å²) in [6.45, 7) is 3.49. The number of aromatic hydroxyl groups is 1. The maximum absolute atomic E-state index is 13.1. The largest absolute Gasteiger partial charge is 0.502 e. The van der Waals surface area contributed by atoms with Crippen LogP contribution in [0.15, 0.2) is 27.4 Å². The number of hydrogen-bond acceptors (Lipinski definition) is 8. The second kappa shape index (κ2) is 9.74. The molecule has 1 aromatic heterocycles. The van der Waals surface area contributed by atoms with Crippen molar-refractivity contribution < 1.29 is 33.3 Å². The lowest BCUT2D eigenvalue weighted by atomic mass is 9.90. The number of ether oxygens (including phenoxy) is 4. The molecule has 0 unspecified atom stereocenters. The van der Waals surface area contributed by atoms with Crippen molar-refractivity contribution in [2.24, 2.45) is 0 Å². The Kier molecular flexibility index (Phi) is 7.06. The molecule has 168 valence electrons. The molecule has 1 aliphatic heterocycles. The van der Waals surface area contributed by atoms with Crippen LogP contribution in [0, 0.1) is 6.92 Å². The van der Waals surface area contributed by atoms with Crippen LogP contribution in [0.25, 0.3) is 0 Å². The molecule has 31 heavy (non-hydrogen) atoms. The van der Waals surface area contributed by atoms with Crippen molar-refractivity contribution in [2.45, 2.75) is 19.3 Å². The molecular formula is C22H27NO8. The first-order valence-electron chi connectivity index (χ1n) is 9.88. The van der Waals surface area contributed by atoms with E-state index in [1.54, 1.807) is 24.0 Å². The van der Waals surface area contributed by atoms with Crippen molar-refractivity contribution in [3.05, 3.63) is 45.5 Å². The van der Waals surface area contributed by atoms with Crippen molar-refractivity contribution in [3.8, 4) is 23.0 Å². The van der Waals surface area contributed by atoms with E-state index in [9.17, 15) is 14.7 Å². The number of hydrogen-bond donors (Lipinski definition) is 1. The number of benzene rings is 1. The topological polar surface area (TPSA) is 108 Å². The van der Waals surface area contributed by atoms with Gasteiger partial charge < -0.3 is 33.4 Å². The Morgan fingerprint density at radius 3 is 2.26 bits per heavy atom. The summed E-state index contributed by atoms with van der Waals surface area (Å²) >= 11 is 0. The molecule has 0 bridgehead atoms. The quantitative estimate of drug-likeness (QED) is 0.707. The minimum absolute atomic E-state index is 0.0147. The van der Waals surface area contributed by atoms with E-state index < -0.39 is 17.1 Å². The van der Waals surface area contributed by atoms with E-state index in [0.29, 0.717) is 54.9 Å². The summed E-state index contributed by atoms with van der Waals surface area (Å²) in [5, 5.41) is 10.5. The highest BCUT2D eigenvalue weighted by atomic mass is 16.5. The number of aryl methyl sites for hydroxylation is 1. The van der Waals surface area contributed by atoms with Crippen molar-refractivity contribution in [3.63, 3.8) is 0 Å². The maximum Gasteiger partial charge on any atom is 0.227 e. The van der Waals surface area contributed by atoms with Gasteiger partial charge in [-0.05, 0) is 24.6 Å². The summed E-state index contributed by atoms with van der Waals surface area (Å²) in [6, 6.07) is 4.57. The van der Waals surface area contributed by atoms with Gasteiger partial charge in [-0.2, -0.15) is 0 Å². The van der Waals surface area contributed by atoms with Gasteiger partial charge in [-0.25, -0.2) is 0 Å². The van der Waals surface area contributed by atoms with Gasteiger partial charge in [0.15, 0.2) is 17.3 Å². The highest BCUT2D eigenvalue weighted by molar-refractivity contribution is 5.78. The number of methoxy groups -OCH3 is 3. The van der Waals surface area contributed by atoms with E-state index in [1.807, 2.05) is 0 Å².